The van der Waals surface area contributed by atoms with E-state index in [9.17, 15) is 4.79 Å². The summed E-state index contributed by atoms with van der Waals surface area (Å²) in [4.78, 5) is 18.9. The number of aryl methyl sites for hydroxylation is 2. The zero-order valence-electron chi connectivity index (χ0n) is 11.4. The minimum atomic E-state index is -0.110. The maximum atomic E-state index is 12.6. The fourth-order valence-corrected chi connectivity index (χ4v) is 2.98. The monoisotopic (exact) mass is 292 g/mol. The highest BCUT2D eigenvalue weighted by atomic mass is 32.1. The van der Waals surface area contributed by atoms with Crippen molar-refractivity contribution in [1.82, 2.24) is 19.7 Å². The van der Waals surface area contributed by atoms with Crippen LogP contribution in [0.5, 0.6) is 0 Å². The van der Waals surface area contributed by atoms with E-state index in [2.05, 4.69) is 10.1 Å². The van der Waals surface area contributed by atoms with E-state index in [4.69, 9.17) is 4.74 Å². The zero-order chi connectivity index (χ0) is 14.1. The van der Waals surface area contributed by atoms with Gasteiger partial charge in [-0.15, -0.1) is 11.3 Å². The summed E-state index contributed by atoms with van der Waals surface area (Å²) in [6, 6.07) is -0.110. The van der Waals surface area contributed by atoms with Gasteiger partial charge >= 0.3 is 0 Å². The van der Waals surface area contributed by atoms with Gasteiger partial charge < -0.3 is 9.64 Å². The summed E-state index contributed by atoms with van der Waals surface area (Å²) in [5.41, 5.74) is 1.51. The topological polar surface area (TPSA) is 60.2 Å². The van der Waals surface area contributed by atoms with Crippen molar-refractivity contribution < 1.29 is 9.53 Å². The number of carbonyl (C=O) groups excluding carboxylic acids is 1. The van der Waals surface area contributed by atoms with Crippen molar-refractivity contribution in [3.63, 3.8) is 0 Å². The van der Waals surface area contributed by atoms with Gasteiger partial charge in [-0.2, -0.15) is 5.10 Å². The predicted octanol–water partition coefficient (Wildman–Crippen LogP) is 1.40. The Morgan fingerprint density at radius 2 is 2.40 bits per heavy atom. The lowest BCUT2D eigenvalue weighted by molar-refractivity contribution is -0.00376. The number of aromatic nitrogens is 3. The van der Waals surface area contributed by atoms with E-state index in [0.29, 0.717) is 25.3 Å². The normalized spacial score (nSPS) is 19.3. The van der Waals surface area contributed by atoms with Gasteiger partial charge in [0.25, 0.3) is 5.91 Å². The van der Waals surface area contributed by atoms with Crippen LogP contribution >= 0.6 is 11.3 Å². The van der Waals surface area contributed by atoms with Gasteiger partial charge in [-0.05, 0) is 6.92 Å². The molecular weight excluding hydrogens is 276 g/mol. The van der Waals surface area contributed by atoms with Crippen molar-refractivity contribution >= 4 is 17.2 Å². The summed E-state index contributed by atoms with van der Waals surface area (Å²) in [5.74, 6) is -0.0166. The van der Waals surface area contributed by atoms with Crippen molar-refractivity contribution in [2.45, 2.75) is 13.0 Å². The van der Waals surface area contributed by atoms with Crippen molar-refractivity contribution in [3.05, 3.63) is 34.0 Å². The van der Waals surface area contributed by atoms with Crippen LogP contribution in [0, 0.1) is 6.92 Å². The van der Waals surface area contributed by atoms with E-state index in [1.54, 1.807) is 35.5 Å². The second-order valence-electron chi connectivity index (χ2n) is 4.78. The molecule has 0 bridgehead atoms. The Hall–Kier alpha value is -1.73. The molecule has 1 aliphatic heterocycles. The zero-order valence-corrected chi connectivity index (χ0v) is 12.3. The van der Waals surface area contributed by atoms with Crippen molar-refractivity contribution in [2.24, 2.45) is 7.05 Å². The SMILES string of the molecule is Cc1nc([C@H]2COCCN2C(=O)c2cnn(C)c2)cs1. The molecule has 3 heterocycles. The maximum absolute atomic E-state index is 12.6. The smallest absolute Gasteiger partial charge is 0.257 e. The lowest BCUT2D eigenvalue weighted by Gasteiger charge is -2.34. The van der Waals surface area contributed by atoms with Crippen molar-refractivity contribution in [2.75, 3.05) is 19.8 Å². The number of nitrogens with zero attached hydrogens (tertiary/aromatic N) is 4. The molecule has 6 nitrogen and oxygen atoms in total. The molecule has 1 fully saturated rings. The van der Waals surface area contributed by atoms with Gasteiger partial charge in [0.15, 0.2) is 0 Å². The van der Waals surface area contributed by atoms with Gasteiger partial charge in [0.2, 0.25) is 0 Å². The summed E-state index contributed by atoms with van der Waals surface area (Å²) < 4.78 is 7.15. The highest BCUT2D eigenvalue weighted by Gasteiger charge is 2.31. The van der Waals surface area contributed by atoms with E-state index in [-0.39, 0.29) is 11.9 Å². The summed E-state index contributed by atoms with van der Waals surface area (Å²) in [6.07, 6.45) is 3.34. The van der Waals surface area contributed by atoms with Crippen LogP contribution in [-0.4, -0.2) is 45.3 Å². The number of amides is 1. The Balaban J connectivity index is 1.87. The second-order valence-corrected chi connectivity index (χ2v) is 5.85. The molecular formula is C13H16N4O2S. The van der Waals surface area contributed by atoms with Gasteiger partial charge in [0.1, 0.15) is 0 Å². The Bertz CT molecular complexity index is 621. The first-order valence-electron chi connectivity index (χ1n) is 6.44. The first-order valence-corrected chi connectivity index (χ1v) is 7.32. The molecule has 7 heteroatoms. The third-order valence-corrected chi connectivity index (χ3v) is 4.11. The molecule has 0 aliphatic carbocycles. The molecule has 0 N–H and O–H groups in total. The average Bonchev–Trinajstić information content (AvgIpc) is 3.07. The molecule has 1 saturated heterocycles. The maximum Gasteiger partial charge on any atom is 0.257 e. The number of rotatable bonds is 2. The highest BCUT2D eigenvalue weighted by molar-refractivity contribution is 7.09. The van der Waals surface area contributed by atoms with E-state index in [0.717, 1.165) is 10.7 Å². The van der Waals surface area contributed by atoms with Crippen LogP contribution in [0.4, 0.5) is 0 Å². The van der Waals surface area contributed by atoms with Crippen LogP contribution in [0.2, 0.25) is 0 Å². The third-order valence-electron chi connectivity index (χ3n) is 3.32. The van der Waals surface area contributed by atoms with Crippen LogP contribution in [-0.2, 0) is 11.8 Å². The molecule has 0 spiro atoms. The number of carbonyl (C=O) groups is 1. The summed E-state index contributed by atoms with van der Waals surface area (Å²) in [6.45, 7) is 3.60. The van der Waals surface area contributed by atoms with Gasteiger partial charge in [-0.3, -0.25) is 9.48 Å². The molecule has 0 aromatic carbocycles. The van der Waals surface area contributed by atoms with Crippen molar-refractivity contribution in [1.29, 1.82) is 0 Å². The lowest BCUT2D eigenvalue weighted by atomic mass is 10.1. The summed E-state index contributed by atoms with van der Waals surface area (Å²) in [5, 5.41) is 7.06. The number of thiazole rings is 1. The van der Waals surface area contributed by atoms with Gasteiger partial charge in [-0.1, -0.05) is 0 Å². The Labute approximate surface area is 121 Å². The van der Waals surface area contributed by atoms with Crippen LogP contribution < -0.4 is 0 Å². The summed E-state index contributed by atoms with van der Waals surface area (Å²) >= 11 is 1.59. The number of morpholine rings is 1. The minimum absolute atomic E-state index is 0.0166. The molecule has 1 atom stereocenters. The Kier molecular flexibility index (Phi) is 3.54. The predicted molar refractivity (Wildman–Crippen MR) is 74.7 cm³/mol. The van der Waals surface area contributed by atoms with E-state index in [1.165, 1.54) is 0 Å². The second kappa shape index (κ2) is 5.34. The fourth-order valence-electron chi connectivity index (χ4n) is 2.32. The van der Waals surface area contributed by atoms with Gasteiger partial charge in [0, 0.05) is 25.2 Å². The molecule has 2 aromatic rings. The molecule has 1 amide bonds. The number of hydrogen-bond acceptors (Lipinski definition) is 5. The molecule has 0 unspecified atom stereocenters. The molecule has 0 saturated carbocycles. The minimum Gasteiger partial charge on any atom is -0.377 e. The molecule has 2 aromatic heterocycles. The molecule has 1 aliphatic rings. The summed E-state index contributed by atoms with van der Waals surface area (Å²) in [7, 11) is 1.80. The lowest BCUT2D eigenvalue weighted by Crippen LogP contribution is -2.43. The van der Waals surface area contributed by atoms with Crippen LogP contribution in [0.1, 0.15) is 27.1 Å². The Morgan fingerprint density at radius 1 is 1.55 bits per heavy atom. The quantitative estimate of drug-likeness (QED) is 0.839. The molecule has 106 valence electrons. The van der Waals surface area contributed by atoms with E-state index >= 15 is 0 Å². The number of hydrogen-bond donors (Lipinski definition) is 0. The number of ether oxygens (including phenoxy) is 1. The molecule has 3 rings (SSSR count). The Morgan fingerprint density at radius 3 is 3.05 bits per heavy atom. The van der Waals surface area contributed by atoms with Gasteiger partial charge in [0.05, 0.1) is 41.7 Å². The van der Waals surface area contributed by atoms with E-state index < -0.39 is 0 Å². The highest BCUT2D eigenvalue weighted by Crippen LogP contribution is 2.26. The third kappa shape index (κ3) is 2.46. The van der Waals surface area contributed by atoms with Crippen LogP contribution in [0.25, 0.3) is 0 Å². The van der Waals surface area contributed by atoms with Gasteiger partial charge in [-0.25, -0.2) is 4.98 Å². The fraction of sp³-hybridized carbons (Fsp3) is 0.462. The van der Waals surface area contributed by atoms with E-state index in [1.807, 2.05) is 17.2 Å². The first kappa shape index (κ1) is 13.3. The molecule has 20 heavy (non-hydrogen) atoms. The van der Waals surface area contributed by atoms with Crippen LogP contribution in [0.3, 0.4) is 0 Å². The largest absolute Gasteiger partial charge is 0.377 e. The van der Waals surface area contributed by atoms with Crippen LogP contribution in [0.15, 0.2) is 17.8 Å². The first-order chi connectivity index (χ1) is 9.65. The standard InChI is InChI=1S/C13H16N4O2S/c1-9-15-11(8-20-9)12-7-19-4-3-17(12)13(18)10-5-14-16(2)6-10/h5-6,8,12H,3-4,7H2,1-2H3/t12-/m1/s1. The van der Waals surface area contributed by atoms with Crippen molar-refractivity contribution in [3.8, 4) is 0 Å². The molecule has 0 radical (unpaired) electrons. The average molecular weight is 292 g/mol.